The van der Waals surface area contributed by atoms with E-state index < -0.39 is 6.10 Å². The summed E-state index contributed by atoms with van der Waals surface area (Å²) in [4.78, 5) is 14.0. The normalized spacial score (nSPS) is 24.3. The molecule has 1 fully saturated rings. The fraction of sp³-hybridized carbons (Fsp3) is 0.938. The molecule has 3 nitrogen and oxygen atoms in total. The van der Waals surface area contributed by atoms with E-state index >= 15 is 0 Å². The van der Waals surface area contributed by atoms with Gasteiger partial charge < -0.3 is 10.0 Å². The molecule has 0 aromatic rings. The molecule has 2 atom stereocenters. The van der Waals surface area contributed by atoms with Gasteiger partial charge in [0.2, 0.25) is 5.91 Å². The van der Waals surface area contributed by atoms with E-state index in [9.17, 15) is 9.90 Å². The van der Waals surface area contributed by atoms with Gasteiger partial charge in [0.1, 0.15) is 0 Å². The SMILES string of the molecule is CC(C)(C)C(O)CN1CCC(C(C)(C)C)CCC1=O. The first kappa shape index (κ1) is 16.5. The zero-order chi connectivity index (χ0) is 14.8. The molecule has 1 aliphatic heterocycles. The van der Waals surface area contributed by atoms with Crippen LogP contribution >= 0.6 is 0 Å². The van der Waals surface area contributed by atoms with Crippen molar-refractivity contribution in [3.05, 3.63) is 0 Å². The van der Waals surface area contributed by atoms with Crippen LogP contribution in [0.15, 0.2) is 0 Å². The predicted molar refractivity (Wildman–Crippen MR) is 78.8 cm³/mol. The van der Waals surface area contributed by atoms with Gasteiger partial charge in [0, 0.05) is 19.5 Å². The number of aliphatic hydroxyl groups excluding tert-OH is 1. The Labute approximate surface area is 118 Å². The average molecular weight is 269 g/mol. The minimum Gasteiger partial charge on any atom is -0.391 e. The molecule has 0 aromatic heterocycles. The van der Waals surface area contributed by atoms with Crippen LogP contribution in [0.1, 0.15) is 60.8 Å². The summed E-state index contributed by atoms with van der Waals surface area (Å²) < 4.78 is 0. The number of amides is 1. The molecule has 0 bridgehead atoms. The molecule has 0 radical (unpaired) electrons. The summed E-state index contributed by atoms with van der Waals surface area (Å²) in [5, 5.41) is 10.2. The summed E-state index contributed by atoms with van der Waals surface area (Å²) in [6, 6.07) is 0. The van der Waals surface area contributed by atoms with E-state index in [0.717, 1.165) is 19.4 Å². The second-order valence-corrected chi connectivity index (χ2v) is 8.11. The molecule has 0 saturated carbocycles. The van der Waals surface area contributed by atoms with Crippen molar-refractivity contribution >= 4 is 5.91 Å². The van der Waals surface area contributed by atoms with E-state index in [4.69, 9.17) is 0 Å². The van der Waals surface area contributed by atoms with E-state index in [-0.39, 0.29) is 16.7 Å². The Morgan fingerprint density at radius 1 is 1.21 bits per heavy atom. The van der Waals surface area contributed by atoms with Gasteiger partial charge in [-0.25, -0.2) is 0 Å². The number of hydrogen-bond donors (Lipinski definition) is 1. The minimum absolute atomic E-state index is 0.171. The molecule has 1 amide bonds. The molecule has 1 rings (SSSR count). The summed E-state index contributed by atoms with van der Waals surface area (Å²) in [6.07, 6.45) is 2.19. The Bertz CT molecular complexity index is 312. The molecule has 3 heteroatoms. The Kier molecular flexibility index (Phi) is 5.05. The fourth-order valence-corrected chi connectivity index (χ4v) is 2.58. The molecule has 112 valence electrons. The second kappa shape index (κ2) is 5.82. The van der Waals surface area contributed by atoms with Gasteiger partial charge in [0.25, 0.3) is 0 Å². The third-order valence-corrected chi connectivity index (χ3v) is 4.42. The van der Waals surface area contributed by atoms with Gasteiger partial charge in [-0.05, 0) is 29.6 Å². The van der Waals surface area contributed by atoms with Gasteiger partial charge in [-0.1, -0.05) is 41.5 Å². The number of hydrogen-bond acceptors (Lipinski definition) is 2. The maximum atomic E-state index is 12.2. The highest BCUT2D eigenvalue weighted by Crippen LogP contribution is 2.34. The summed E-state index contributed by atoms with van der Waals surface area (Å²) >= 11 is 0. The van der Waals surface area contributed by atoms with E-state index in [2.05, 4.69) is 20.8 Å². The van der Waals surface area contributed by atoms with E-state index in [1.165, 1.54) is 0 Å². The summed E-state index contributed by atoms with van der Waals surface area (Å²) in [5.74, 6) is 0.795. The van der Waals surface area contributed by atoms with Crippen molar-refractivity contribution < 1.29 is 9.90 Å². The average Bonchev–Trinajstić information content (AvgIpc) is 2.39. The van der Waals surface area contributed by atoms with Crippen LogP contribution in [0.4, 0.5) is 0 Å². The lowest BCUT2D eigenvalue weighted by atomic mass is 9.77. The highest BCUT2D eigenvalue weighted by atomic mass is 16.3. The molecule has 0 aromatic carbocycles. The molecule has 2 unspecified atom stereocenters. The highest BCUT2D eigenvalue weighted by Gasteiger charge is 2.32. The molecule has 1 saturated heterocycles. The van der Waals surface area contributed by atoms with Crippen molar-refractivity contribution in [3.63, 3.8) is 0 Å². The van der Waals surface area contributed by atoms with Gasteiger partial charge in [-0.3, -0.25) is 4.79 Å². The molecule has 0 aliphatic carbocycles. The summed E-state index contributed by atoms with van der Waals surface area (Å²) in [7, 11) is 0. The molecule has 19 heavy (non-hydrogen) atoms. The van der Waals surface area contributed by atoms with Crippen molar-refractivity contribution in [2.24, 2.45) is 16.7 Å². The number of rotatable bonds is 2. The second-order valence-electron chi connectivity index (χ2n) is 8.11. The van der Waals surface area contributed by atoms with Crippen LogP contribution in [0.25, 0.3) is 0 Å². The number of carbonyl (C=O) groups is 1. The largest absolute Gasteiger partial charge is 0.391 e. The van der Waals surface area contributed by atoms with Crippen LogP contribution in [0.5, 0.6) is 0 Å². The van der Waals surface area contributed by atoms with Crippen LogP contribution in [-0.4, -0.2) is 35.1 Å². The lowest BCUT2D eigenvalue weighted by molar-refractivity contribution is -0.133. The van der Waals surface area contributed by atoms with E-state index in [1.54, 1.807) is 0 Å². The quantitative estimate of drug-likeness (QED) is 0.837. The monoisotopic (exact) mass is 269 g/mol. The van der Waals surface area contributed by atoms with Gasteiger partial charge in [0.15, 0.2) is 0 Å². The van der Waals surface area contributed by atoms with Crippen molar-refractivity contribution in [2.75, 3.05) is 13.1 Å². The number of β-amino-alcohol motifs (C(OH)–C–C–N with tert-alkyl or cyclic N) is 1. The number of nitrogens with zero attached hydrogens (tertiary/aromatic N) is 1. The van der Waals surface area contributed by atoms with Crippen LogP contribution in [0.3, 0.4) is 0 Å². The van der Waals surface area contributed by atoms with Crippen LogP contribution in [-0.2, 0) is 4.79 Å². The smallest absolute Gasteiger partial charge is 0.222 e. The summed E-state index contributed by atoms with van der Waals surface area (Å²) in [5.41, 5.74) is 0.0922. The topological polar surface area (TPSA) is 40.5 Å². The third kappa shape index (κ3) is 4.79. The number of likely N-dealkylation sites (tertiary alicyclic amines) is 1. The maximum absolute atomic E-state index is 12.2. The van der Waals surface area contributed by atoms with Crippen LogP contribution in [0.2, 0.25) is 0 Å². The Balaban J connectivity index is 2.64. The molecule has 1 aliphatic rings. The van der Waals surface area contributed by atoms with Crippen LogP contribution in [0, 0.1) is 16.7 Å². The van der Waals surface area contributed by atoms with Crippen molar-refractivity contribution in [1.82, 2.24) is 4.90 Å². The Morgan fingerprint density at radius 3 is 2.26 bits per heavy atom. The molecule has 1 N–H and O–H groups in total. The summed E-state index contributed by atoms with van der Waals surface area (Å²) in [6.45, 7) is 14.0. The van der Waals surface area contributed by atoms with Crippen molar-refractivity contribution in [2.45, 2.75) is 66.9 Å². The van der Waals surface area contributed by atoms with Crippen molar-refractivity contribution in [1.29, 1.82) is 0 Å². The number of aliphatic hydroxyl groups is 1. The zero-order valence-corrected chi connectivity index (χ0v) is 13.5. The first-order valence-electron chi connectivity index (χ1n) is 7.47. The lowest BCUT2D eigenvalue weighted by Gasteiger charge is -2.32. The third-order valence-electron chi connectivity index (χ3n) is 4.42. The molecular formula is C16H31NO2. The van der Waals surface area contributed by atoms with E-state index in [0.29, 0.717) is 18.9 Å². The Morgan fingerprint density at radius 2 is 1.79 bits per heavy atom. The number of carbonyl (C=O) groups excluding carboxylic acids is 1. The first-order valence-corrected chi connectivity index (χ1v) is 7.47. The van der Waals surface area contributed by atoms with Gasteiger partial charge in [-0.2, -0.15) is 0 Å². The fourth-order valence-electron chi connectivity index (χ4n) is 2.58. The van der Waals surface area contributed by atoms with E-state index in [1.807, 2.05) is 25.7 Å². The van der Waals surface area contributed by atoms with Gasteiger partial charge in [-0.15, -0.1) is 0 Å². The highest BCUT2D eigenvalue weighted by molar-refractivity contribution is 5.76. The van der Waals surface area contributed by atoms with Crippen LogP contribution < -0.4 is 0 Å². The maximum Gasteiger partial charge on any atom is 0.222 e. The molecule has 1 heterocycles. The first-order chi connectivity index (χ1) is 8.51. The molecular weight excluding hydrogens is 238 g/mol. The Hall–Kier alpha value is -0.570. The van der Waals surface area contributed by atoms with Gasteiger partial charge in [0.05, 0.1) is 6.10 Å². The minimum atomic E-state index is -0.456. The van der Waals surface area contributed by atoms with Crippen molar-refractivity contribution in [3.8, 4) is 0 Å². The zero-order valence-electron chi connectivity index (χ0n) is 13.5. The molecule has 0 spiro atoms. The van der Waals surface area contributed by atoms with Gasteiger partial charge >= 0.3 is 0 Å². The predicted octanol–water partition coefficient (Wildman–Crippen LogP) is 3.07. The lowest BCUT2D eigenvalue weighted by Crippen LogP contribution is -2.42. The standard InChI is InChI=1S/C16H31NO2/c1-15(2,3)12-7-8-14(19)17(10-9-12)11-13(18)16(4,5)6/h12-13,18H,7-11H2,1-6H3.